The maximum absolute atomic E-state index is 11.9. The molecule has 4 heteroatoms. The van der Waals surface area contributed by atoms with Crippen LogP contribution >= 0.6 is 23.5 Å². The van der Waals surface area contributed by atoms with Gasteiger partial charge in [-0.1, -0.05) is 27.7 Å². The minimum absolute atomic E-state index is 0.00353. The molecule has 112 valence electrons. The Morgan fingerprint density at radius 1 is 1.16 bits per heavy atom. The molecule has 1 heterocycles. The first-order valence-electron chi connectivity index (χ1n) is 7.35. The number of hydrogen-bond acceptors (Lipinski definition) is 4. The molecule has 1 aliphatic rings. The van der Waals surface area contributed by atoms with E-state index < -0.39 is 0 Å². The normalized spacial score (nSPS) is 22.0. The molecule has 2 nitrogen and oxygen atoms in total. The first-order valence-corrected chi connectivity index (χ1v) is 9.45. The lowest BCUT2D eigenvalue weighted by Crippen LogP contribution is -2.27. The molecule has 0 aromatic heterocycles. The summed E-state index contributed by atoms with van der Waals surface area (Å²) >= 11 is 4.13. The van der Waals surface area contributed by atoms with E-state index in [4.69, 9.17) is 4.74 Å². The van der Waals surface area contributed by atoms with Crippen molar-refractivity contribution in [3.63, 3.8) is 0 Å². The summed E-state index contributed by atoms with van der Waals surface area (Å²) in [5, 5.41) is 0. The molecule has 0 radical (unpaired) electrons. The summed E-state index contributed by atoms with van der Waals surface area (Å²) in [6.07, 6.45) is 2.34. The molecule has 0 aromatic carbocycles. The molecule has 0 spiro atoms. The van der Waals surface area contributed by atoms with Gasteiger partial charge in [-0.25, -0.2) is 0 Å². The van der Waals surface area contributed by atoms with Crippen molar-refractivity contribution in [3.05, 3.63) is 0 Å². The number of rotatable bonds is 6. The third kappa shape index (κ3) is 5.99. The smallest absolute Gasteiger partial charge is 0.309 e. The quantitative estimate of drug-likeness (QED) is 0.678. The van der Waals surface area contributed by atoms with Gasteiger partial charge >= 0.3 is 5.97 Å². The van der Waals surface area contributed by atoms with E-state index in [1.54, 1.807) is 0 Å². The van der Waals surface area contributed by atoms with Crippen LogP contribution in [0, 0.1) is 17.8 Å². The van der Waals surface area contributed by atoms with Crippen molar-refractivity contribution < 1.29 is 9.53 Å². The molecule has 3 atom stereocenters. The van der Waals surface area contributed by atoms with Crippen LogP contribution in [-0.2, 0) is 9.53 Å². The molecule has 19 heavy (non-hydrogen) atoms. The fourth-order valence-electron chi connectivity index (χ4n) is 2.10. The highest BCUT2D eigenvalue weighted by Gasteiger charge is 2.25. The molecule has 0 N–H and O–H groups in total. The standard InChI is InChI=1S/C15H28O2S2/c1-10(2)13(5)14(16)17-12(4)9-11(3)15-18-7-6-8-19-15/h10-13,15H,6-9H2,1-5H3/t11-,12+,13+/m1/s1. The number of carbonyl (C=O) groups is 1. The van der Waals surface area contributed by atoms with E-state index in [1.165, 1.54) is 17.9 Å². The summed E-state index contributed by atoms with van der Waals surface area (Å²) in [5.74, 6) is 3.46. The second kappa shape index (κ2) is 8.46. The summed E-state index contributed by atoms with van der Waals surface area (Å²) in [7, 11) is 0. The zero-order chi connectivity index (χ0) is 14.4. The second-order valence-electron chi connectivity index (χ2n) is 5.96. The monoisotopic (exact) mass is 304 g/mol. The Morgan fingerprint density at radius 2 is 1.74 bits per heavy atom. The average molecular weight is 305 g/mol. The van der Waals surface area contributed by atoms with Crippen LogP contribution in [0.15, 0.2) is 0 Å². The number of carbonyl (C=O) groups excluding carboxylic acids is 1. The zero-order valence-corrected chi connectivity index (χ0v) is 14.5. The highest BCUT2D eigenvalue weighted by atomic mass is 32.2. The molecule has 0 amide bonds. The van der Waals surface area contributed by atoms with Crippen molar-refractivity contribution >= 4 is 29.5 Å². The van der Waals surface area contributed by atoms with Gasteiger partial charge in [-0.05, 0) is 43.1 Å². The molecule has 0 bridgehead atoms. The predicted molar refractivity (Wildman–Crippen MR) is 86.7 cm³/mol. The number of esters is 1. The molecule has 1 aliphatic heterocycles. The minimum Gasteiger partial charge on any atom is -0.462 e. The van der Waals surface area contributed by atoms with Gasteiger partial charge in [0.2, 0.25) is 0 Å². The van der Waals surface area contributed by atoms with Crippen LogP contribution in [0.2, 0.25) is 0 Å². The third-order valence-electron chi connectivity index (χ3n) is 3.71. The van der Waals surface area contributed by atoms with E-state index in [-0.39, 0.29) is 18.0 Å². The first-order chi connectivity index (χ1) is 8.91. The predicted octanol–water partition coefficient (Wildman–Crippen LogP) is 4.43. The Bertz CT molecular complexity index is 275. The fourth-order valence-corrected chi connectivity index (χ4v) is 5.21. The van der Waals surface area contributed by atoms with Gasteiger partial charge in [-0.2, -0.15) is 0 Å². The van der Waals surface area contributed by atoms with Crippen molar-refractivity contribution in [3.8, 4) is 0 Å². The van der Waals surface area contributed by atoms with Crippen LogP contribution in [0.5, 0.6) is 0 Å². The van der Waals surface area contributed by atoms with Gasteiger partial charge in [0.15, 0.2) is 0 Å². The summed E-state index contributed by atoms with van der Waals surface area (Å²) in [6, 6.07) is 0. The molecular formula is C15H28O2S2. The van der Waals surface area contributed by atoms with E-state index in [2.05, 4.69) is 44.3 Å². The molecule has 1 rings (SSSR count). The fraction of sp³-hybridized carbons (Fsp3) is 0.933. The van der Waals surface area contributed by atoms with Crippen LogP contribution in [-0.4, -0.2) is 28.2 Å². The van der Waals surface area contributed by atoms with Gasteiger partial charge in [0, 0.05) is 0 Å². The van der Waals surface area contributed by atoms with Gasteiger partial charge in [0.25, 0.3) is 0 Å². The molecule has 0 aromatic rings. The number of hydrogen-bond donors (Lipinski definition) is 0. The van der Waals surface area contributed by atoms with E-state index >= 15 is 0 Å². The molecular weight excluding hydrogens is 276 g/mol. The minimum atomic E-state index is -0.0429. The van der Waals surface area contributed by atoms with Crippen molar-refractivity contribution in [2.75, 3.05) is 11.5 Å². The molecule has 0 saturated carbocycles. The Morgan fingerprint density at radius 3 is 2.26 bits per heavy atom. The molecule has 1 saturated heterocycles. The zero-order valence-electron chi connectivity index (χ0n) is 12.8. The second-order valence-corrected chi connectivity index (χ2v) is 8.75. The lowest BCUT2D eigenvalue weighted by molar-refractivity contribution is -0.154. The maximum atomic E-state index is 11.9. The van der Waals surface area contributed by atoms with E-state index in [0.29, 0.717) is 16.4 Å². The van der Waals surface area contributed by atoms with E-state index in [0.717, 1.165) is 6.42 Å². The van der Waals surface area contributed by atoms with Gasteiger partial charge in [-0.15, -0.1) is 23.5 Å². The van der Waals surface area contributed by atoms with Crippen LogP contribution in [0.25, 0.3) is 0 Å². The largest absolute Gasteiger partial charge is 0.462 e. The van der Waals surface area contributed by atoms with Crippen molar-refractivity contribution in [2.24, 2.45) is 17.8 Å². The van der Waals surface area contributed by atoms with Crippen molar-refractivity contribution in [1.82, 2.24) is 0 Å². The Balaban J connectivity index is 2.33. The topological polar surface area (TPSA) is 26.3 Å². The van der Waals surface area contributed by atoms with Crippen LogP contribution in [0.4, 0.5) is 0 Å². The average Bonchev–Trinajstić information content (AvgIpc) is 2.38. The van der Waals surface area contributed by atoms with E-state index in [1.807, 2.05) is 13.8 Å². The van der Waals surface area contributed by atoms with Crippen LogP contribution < -0.4 is 0 Å². The third-order valence-corrected chi connectivity index (χ3v) is 7.16. The highest BCUT2D eigenvalue weighted by Crippen LogP contribution is 2.37. The molecule has 0 aliphatic carbocycles. The van der Waals surface area contributed by atoms with E-state index in [9.17, 15) is 4.79 Å². The van der Waals surface area contributed by atoms with Gasteiger partial charge < -0.3 is 4.74 Å². The van der Waals surface area contributed by atoms with Crippen LogP contribution in [0.1, 0.15) is 47.5 Å². The van der Waals surface area contributed by atoms with Crippen molar-refractivity contribution in [2.45, 2.75) is 58.1 Å². The number of ether oxygens (including phenoxy) is 1. The summed E-state index contributed by atoms with van der Waals surface area (Å²) in [5.41, 5.74) is 0. The SMILES string of the molecule is CC(C)[C@H](C)C(=O)O[C@@H](C)C[C@@H](C)C1SCCCS1. The van der Waals surface area contributed by atoms with Gasteiger partial charge in [0.05, 0.1) is 16.6 Å². The Hall–Kier alpha value is 0.170. The summed E-state index contributed by atoms with van der Waals surface area (Å²) in [6.45, 7) is 10.4. The Kier molecular flexibility index (Phi) is 7.66. The Labute approximate surface area is 126 Å². The lowest BCUT2D eigenvalue weighted by Gasteiger charge is -2.29. The molecule has 0 unspecified atom stereocenters. The maximum Gasteiger partial charge on any atom is 0.309 e. The number of thioether (sulfide) groups is 2. The van der Waals surface area contributed by atoms with Crippen molar-refractivity contribution in [1.29, 1.82) is 0 Å². The van der Waals surface area contributed by atoms with Crippen LogP contribution in [0.3, 0.4) is 0 Å². The first kappa shape index (κ1) is 17.2. The summed E-state index contributed by atoms with van der Waals surface area (Å²) < 4.78 is 6.26. The van der Waals surface area contributed by atoms with Gasteiger partial charge in [-0.3, -0.25) is 4.79 Å². The summed E-state index contributed by atoms with van der Waals surface area (Å²) in [4.78, 5) is 11.9. The molecule has 1 fully saturated rings. The van der Waals surface area contributed by atoms with Gasteiger partial charge in [0.1, 0.15) is 0 Å². The lowest BCUT2D eigenvalue weighted by atomic mass is 9.98. The highest BCUT2D eigenvalue weighted by molar-refractivity contribution is 8.17.